The number of hydrogen-bond acceptors (Lipinski definition) is 7. The van der Waals surface area contributed by atoms with Crippen molar-refractivity contribution in [3.63, 3.8) is 0 Å². The number of aromatic nitrogens is 4. The van der Waals surface area contributed by atoms with Crippen molar-refractivity contribution in [3.05, 3.63) is 65.4 Å². The Morgan fingerprint density at radius 1 is 1.23 bits per heavy atom. The molecule has 0 aliphatic heterocycles. The summed E-state index contributed by atoms with van der Waals surface area (Å²) in [6, 6.07) is 6.93. The van der Waals surface area contributed by atoms with Crippen LogP contribution in [0.15, 0.2) is 47.2 Å². The molecule has 13 heteroatoms. The molecule has 35 heavy (non-hydrogen) atoms. The van der Waals surface area contributed by atoms with Gasteiger partial charge < -0.3 is 5.32 Å². The van der Waals surface area contributed by atoms with Crippen LogP contribution in [0.2, 0.25) is 0 Å². The van der Waals surface area contributed by atoms with Crippen molar-refractivity contribution in [2.45, 2.75) is 33.0 Å². The van der Waals surface area contributed by atoms with Gasteiger partial charge in [0.15, 0.2) is 11.6 Å². The zero-order valence-corrected chi connectivity index (χ0v) is 19.9. The summed E-state index contributed by atoms with van der Waals surface area (Å²) in [5.41, 5.74) is -1.20. The highest BCUT2D eigenvalue weighted by Gasteiger charge is 2.32. The highest BCUT2D eigenvalue weighted by Crippen LogP contribution is 2.33. The minimum absolute atomic E-state index is 0.164. The predicted octanol–water partition coefficient (Wildman–Crippen LogP) is 4.18. The molecule has 3 aromatic rings. The number of benzene rings is 1. The van der Waals surface area contributed by atoms with Gasteiger partial charge >= 0.3 is 6.18 Å². The number of hydrogen-bond donors (Lipinski definition) is 1. The van der Waals surface area contributed by atoms with Gasteiger partial charge in [-0.05, 0) is 37.3 Å². The van der Waals surface area contributed by atoms with Crippen LogP contribution in [-0.4, -0.2) is 41.4 Å². The van der Waals surface area contributed by atoms with Crippen LogP contribution in [-0.2, 0) is 15.9 Å². The highest BCUT2D eigenvalue weighted by atomic mass is 32.2. The lowest BCUT2D eigenvalue weighted by Crippen LogP contribution is -2.29. The first-order chi connectivity index (χ1) is 16.5. The summed E-state index contributed by atoms with van der Waals surface area (Å²) in [6.07, 6.45) is -2.14. The van der Waals surface area contributed by atoms with E-state index in [0.29, 0.717) is 17.4 Å². The number of carbonyl (C=O) groups is 1. The summed E-state index contributed by atoms with van der Waals surface area (Å²) in [5, 5.41) is 15.6. The van der Waals surface area contributed by atoms with Crippen LogP contribution in [0, 0.1) is 11.3 Å². The quantitative estimate of drug-likeness (QED) is 0.513. The fourth-order valence-corrected chi connectivity index (χ4v) is 4.28. The third-order valence-electron chi connectivity index (χ3n) is 5.08. The van der Waals surface area contributed by atoms with E-state index in [-0.39, 0.29) is 28.6 Å². The van der Waals surface area contributed by atoms with E-state index in [0.717, 1.165) is 6.07 Å². The second-order valence-electron chi connectivity index (χ2n) is 7.45. The minimum atomic E-state index is -4.73. The van der Waals surface area contributed by atoms with Crippen molar-refractivity contribution < 1.29 is 22.2 Å². The molecule has 0 saturated heterocycles. The lowest BCUT2D eigenvalue weighted by molar-refractivity contribution is -0.137. The van der Waals surface area contributed by atoms with Gasteiger partial charge in [0.1, 0.15) is 12.4 Å². The summed E-state index contributed by atoms with van der Waals surface area (Å²) < 4.78 is 58.6. The topological polar surface area (TPSA) is 126 Å². The van der Waals surface area contributed by atoms with Crippen LogP contribution in [0.5, 0.6) is 0 Å². The van der Waals surface area contributed by atoms with Gasteiger partial charge in [0.2, 0.25) is 0 Å². The summed E-state index contributed by atoms with van der Waals surface area (Å²) in [4.78, 5) is 21.2. The average Bonchev–Trinajstić information content (AvgIpc) is 3.33. The predicted molar refractivity (Wildman–Crippen MR) is 123 cm³/mol. The molecule has 184 valence electrons. The Morgan fingerprint density at radius 2 is 1.94 bits per heavy atom. The first kappa shape index (κ1) is 25.8. The van der Waals surface area contributed by atoms with Gasteiger partial charge in [0.05, 0.1) is 32.6 Å². The molecule has 0 unspecified atom stereocenters. The molecule has 0 spiro atoms. The summed E-state index contributed by atoms with van der Waals surface area (Å²) >= 11 is 0. The number of amides is 1. The van der Waals surface area contributed by atoms with Crippen LogP contribution in [0.4, 0.5) is 18.9 Å². The summed E-state index contributed by atoms with van der Waals surface area (Å²) in [6.45, 7) is 4.86. The molecule has 0 saturated carbocycles. The molecule has 2 heterocycles. The number of carbonyl (C=O) groups excluding carboxylic acids is 1. The first-order valence-electron chi connectivity index (χ1n) is 10.5. The number of nitrogens with one attached hydrogen (secondary N) is 1. The van der Waals surface area contributed by atoms with Crippen molar-refractivity contribution in [2.24, 2.45) is 4.36 Å². The Balaban J connectivity index is 1.94. The zero-order valence-electron chi connectivity index (χ0n) is 19.1. The van der Waals surface area contributed by atoms with Crippen LogP contribution in [0.25, 0.3) is 5.82 Å². The fraction of sp³-hybridized carbons (Fsp3) is 0.318. The van der Waals surface area contributed by atoms with E-state index in [1.54, 1.807) is 26.8 Å². The van der Waals surface area contributed by atoms with Crippen molar-refractivity contribution in [3.8, 4) is 11.9 Å². The van der Waals surface area contributed by atoms with E-state index in [9.17, 15) is 22.2 Å². The Hall–Kier alpha value is -3.79. The van der Waals surface area contributed by atoms with E-state index in [1.165, 1.54) is 29.3 Å². The molecule has 1 amide bonds. The normalized spacial score (nSPS) is 12.6. The van der Waals surface area contributed by atoms with Crippen molar-refractivity contribution in [1.82, 2.24) is 25.1 Å². The Morgan fingerprint density at radius 3 is 2.51 bits per heavy atom. The fourth-order valence-electron chi connectivity index (χ4n) is 3.13. The zero-order chi connectivity index (χ0) is 25.8. The number of nitriles is 1. The van der Waals surface area contributed by atoms with Gasteiger partial charge in [0, 0.05) is 23.3 Å². The van der Waals surface area contributed by atoms with Crippen molar-refractivity contribution in [1.29, 1.82) is 5.26 Å². The number of rotatable bonds is 7. The molecule has 0 fully saturated rings. The Labute approximate surface area is 200 Å². The number of nitrogens with zero attached hydrogens (tertiary/aromatic N) is 6. The Kier molecular flexibility index (Phi) is 7.54. The third kappa shape index (κ3) is 6.02. The van der Waals surface area contributed by atoms with E-state index >= 15 is 0 Å². The molecule has 1 atom stereocenters. The van der Waals surface area contributed by atoms with E-state index < -0.39 is 33.4 Å². The lowest BCUT2D eigenvalue weighted by atomic mass is 10.1. The van der Waals surface area contributed by atoms with Crippen LogP contribution >= 0.6 is 0 Å². The van der Waals surface area contributed by atoms with Gasteiger partial charge in [-0.25, -0.2) is 14.2 Å². The van der Waals surface area contributed by atoms with Gasteiger partial charge in [-0.15, -0.1) is 0 Å². The monoisotopic (exact) mass is 505 g/mol. The maximum atomic E-state index is 13.5. The molecular weight excluding hydrogens is 483 g/mol. The molecule has 3 rings (SSSR count). The van der Waals surface area contributed by atoms with E-state index in [2.05, 4.69) is 24.7 Å². The largest absolute Gasteiger partial charge is 0.416 e. The van der Waals surface area contributed by atoms with E-state index in [1.807, 2.05) is 6.07 Å². The third-order valence-corrected chi connectivity index (χ3v) is 7.43. The van der Waals surface area contributed by atoms with Crippen molar-refractivity contribution in [2.75, 3.05) is 11.5 Å². The summed E-state index contributed by atoms with van der Waals surface area (Å²) in [7, 11) is -2.75. The second-order valence-corrected chi connectivity index (χ2v) is 10.3. The van der Waals surface area contributed by atoms with Gasteiger partial charge in [0.25, 0.3) is 5.91 Å². The smallest absolute Gasteiger partial charge is 0.342 e. The number of alkyl halides is 3. The van der Waals surface area contributed by atoms with Gasteiger partial charge in [-0.1, -0.05) is 13.8 Å². The maximum absolute atomic E-state index is 13.5. The first-order valence-corrected chi connectivity index (χ1v) is 12.4. The summed E-state index contributed by atoms with van der Waals surface area (Å²) in [5.74, 6) is 0.135. The number of pyridine rings is 1. The molecule has 0 aliphatic rings. The van der Waals surface area contributed by atoms with Gasteiger partial charge in [-0.2, -0.15) is 32.6 Å². The van der Waals surface area contributed by atoms with E-state index in [4.69, 9.17) is 5.26 Å². The Bertz CT molecular complexity index is 1380. The second kappa shape index (κ2) is 10.2. The SMILES string of the molecule is CCS(=O)(CC)=Nc1cc(C(=O)N[C@@H](C)c2ncnn2-c2ccc(C#N)cn2)cc(C(F)(F)F)c1. The van der Waals surface area contributed by atoms with Crippen LogP contribution in [0.3, 0.4) is 0 Å². The molecule has 0 radical (unpaired) electrons. The average molecular weight is 506 g/mol. The molecule has 9 nitrogen and oxygen atoms in total. The number of halogens is 3. The standard InChI is InChI=1S/C22H22F3N7O2S/c1-4-35(34,5-2)31-18-9-16(8-17(10-18)22(23,24)25)21(33)30-14(3)20-28-13-29-32(20)19-7-6-15(11-26)12-27-19/h6-10,12-14H,4-5H2,1-3H3,(H,30,33)/t14-/m0/s1. The van der Waals surface area contributed by atoms with Crippen LogP contribution in [0.1, 0.15) is 54.1 Å². The van der Waals surface area contributed by atoms with Crippen LogP contribution < -0.4 is 5.32 Å². The molecule has 0 bridgehead atoms. The van der Waals surface area contributed by atoms with Gasteiger partial charge in [-0.3, -0.25) is 4.79 Å². The highest BCUT2D eigenvalue weighted by molar-refractivity contribution is 7.93. The molecule has 1 aromatic carbocycles. The minimum Gasteiger partial charge on any atom is -0.342 e. The lowest BCUT2D eigenvalue weighted by Gasteiger charge is -2.16. The molecule has 0 aliphatic carbocycles. The molecule has 2 aromatic heterocycles. The maximum Gasteiger partial charge on any atom is 0.416 e. The molecular formula is C22H22F3N7O2S. The molecule has 1 N–H and O–H groups in total. The van der Waals surface area contributed by atoms with Crippen molar-refractivity contribution >= 4 is 21.3 Å².